The molecule has 138 valence electrons. The molecule has 4 nitrogen and oxygen atoms in total. The molecular formula is C22H26O4. The molecular weight excluding hydrogens is 328 g/mol. The minimum Gasteiger partial charge on any atom is -0.461 e. The first-order valence-corrected chi connectivity index (χ1v) is 9.58. The lowest BCUT2D eigenvalue weighted by Gasteiger charge is -2.43. The van der Waals surface area contributed by atoms with Gasteiger partial charge in [0.2, 0.25) is 0 Å². The third-order valence-corrected chi connectivity index (χ3v) is 7.12. The molecule has 6 atom stereocenters. The van der Waals surface area contributed by atoms with Gasteiger partial charge in [0.15, 0.2) is 5.78 Å². The Morgan fingerprint density at radius 2 is 1.92 bits per heavy atom. The predicted molar refractivity (Wildman–Crippen MR) is 97.2 cm³/mol. The summed E-state index contributed by atoms with van der Waals surface area (Å²) in [5.74, 6) is -0.611. The van der Waals surface area contributed by atoms with Gasteiger partial charge in [-0.2, -0.15) is 0 Å². The van der Waals surface area contributed by atoms with E-state index in [9.17, 15) is 14.7 Å². The van der Waals surface area contributed by atoms with Crippen LogP contribution in [0, 0.1) is 23.2 Å². The molecule has 0 spiro atoms. The highest BCUT2D eigenvalue weighted by Crippen LogP contribution is 2.57. The van der Waals surface area contributed by atoms with Crippen LogP contribution in [0.2, 0.25) is 0 Å². The van der Waals surface area contributed by atoms with Gasteiger partial charge in [-0.15, -0.1) is 0 Å². The molecule has 1 aromatic rings. The average Bonchev–Trinajstić information content (AvgIpc) is 3.06. The van der Waals surface area contributed by atoms with Crippen LogP contribution in [0.15, 0.2) is 42.5 Å². The van der Waals surface area contributed by atoms with Crippen molar-refractivity contribution >= 4 is 11.8 Å². The molecule has 1 heterocycles. The number of hydrogen-bond acceptors (Lipinski definition) is 4. The minimum absolute atomic E-state index is 0.0171. The van der Waals surface area contributed by atoms with Crippen LogP contribution in [0.1, 0.15) is 38.7 Å². The van der Waals surface area contributed by atoms with Crippen molar-refractivity contribution in [2.24, 2.45) is 23.2 Å². The summed E-state index contributed by atoms with van der Waals surface area (Å²) in [5.41, 5.74) is -1.12. The molecule has 1 saturated carbocycles. The Kier molecular flexibility index (Phi) is 4.07. The largest absolute Gasteiger partial charge is 0.461 e. The van der Waals surface area contributed by atoms with Crippen molar-refractivity contribution in [2.75, 3.05) is 0 Å². The number of ketones is 1. The molecule has 4 heteroatoms. The van der Waals surface area contributed by atoms with Crippen LogP contribution in [-0.4, -0.2) is 28.6 Å². The number of carbonyl (C=O) groups excluding carboxylic acids is 2. The molecule has 26 heavy (non-hydrogen) atoms. The van der Waals surface area contributed by atoms with E-state index in [1.54, 1.807) is 13.0 Å². The van der Waals surface area contributed by atoms with Crippen molar-refractivity contribution in [1.29, 1.82) is 0 Å². The standard InChI is InChI=1S/C22H26O4/c1-14-8-10-16-17(11-9-15-6-4-3-5-7-15)20(24)26-19(16)21(2)18(23)12-13-22(14,21)25/h3-7,12-14,16-17,19,25H,8-11H2,1-2H3/t14-,16-,17+,19+,21-,22+/m0/s1. The summed E-state index contributed by atoms with van der Waals surface area (Å²) in [7, 11) is 0. The smallest absolute Gasteiger partial charge is 0.309 e. The number of allylic oxidation sites excluding steroid dienone is 1. The van der Waals surface area contributed by atoms with Crippen molar-refractivity contribution in [2.45, 2.75) is 51.2 Å². The number of benzene rings is 1. The van der Waals surface area contributed by atoms with Gasteiger partial charge in [-0.25, -0.2) is 0 Å². The highest BCUT2D eigenvalue weighted by atomic mass is 16.6. The third-order valence-electron chi connectivity index (χ3n) is 7.12. The van der Waals surface area contributed by atoms with E-state index in [-0.39, 0.29) is 29.5 Å². The summed E-state index contributed by atoms with van der Waals surface area (Å²) in [6, 6.07) is 10.1. The van der Waals surface area contributed by atoms with Gasteiger partial charge in [-0.05, 0) is 56.2 Å². The van der Waals surface area contributed by atoms with E-state index < -0.39 is 17.1 Å². The molecule has 0 amide bonds. The highest BCUT2D eigenvalue weighted by molar-refractivity contribution is 6.00. The Morgan fingerprint density at radius 3 is 2.65 bits per heavy atom. The van der Waals surface area contributed by atoms with Gasteiger partial charge in [0, 0.05) is 5.92 Å². The lowest BCUT2D eigenvalue weighted by atomic mass is 9.64. The summed E-state index contributed by atoms with van der Waals surface area (Å²) < 4.78 is 5.79. The Bertz CT molecular complexity index is 755. The zero-order valence-corrected chi connectivity index (χ0v) is 15.4. The lowest BCUT2D eigenvalue weighted by Crippen LogP contribution is -2.56. The van der Waals surface area contributed by atoms with E-state index in [4.69, 9.17) is 4.74 Å². The van der Waals surface area contributed by atoms with E-state index >= 15 is 0 Å². The van der Waals surface area contributed by atoms with Crippen molar-refractivity contribution < 1.29 is 19.4 Å². The lowest BCUT2D eigenvalue weighted by molar-refractivity contribution is -0.166. The monoisotopic (exact) mass is 354 g/mol. The number of aliphatic hydroxyl groups is 1. The number of aryl methyl sites for hydroxylation is 1. The fourth-order valence-electron chi connectivity index (χ4n) is 5.34. The molecule has 0 aromatic heterocycles. The van der Waals surface area contributed by atoms with Gasteiger partial charge in [0.05, 0.1) is 11.3 Å². The maximum atomic E-state index is 12.7. The second-order valence-corrected chi connectivity index (χ2v) is 8.36. The van der Waals surface area contributed by atoms with E-state index in [2.05, 4.69) is 12.1 Å². The predicted octanol–water partition coefficient (Wildman–Crippen LogP) is 3.08. The second kappa shape index (κ2) is 6.05. The number of hydrogen-bond donors (Lipinski definition) is 1. The molecule has 3 aliphatic rings. The van der Waals surface area contributed by atoms with Gasteiger partial charge >= 0.3 is 5.97 Å². The molecule has 0 unspecified atom stereocenters. The molecule has 2 aliphatic carbocycles. The van der Waals surface area contributed by atoms with E-state index in [1.807, 2.05) is 25.1 Å². The van der Waals surface area contributed by atoms with Crippen molar-refractivity contribution in [3.05, 3.63) is 48.0 Å². The molecule has 1 saturated heterocycles. The number of ether oxygens (including phenoxy) is 1. The molecule has 1 aliphatic heterocycles. The Hall–Kier alpha value is -1.94. The van der Waals surface area contributed by atoms with Crippen molar-refractivity contribution in [3.63, 3.8) is 0 Å². The van der Waals surface area contributed by atoms with Crippen LogP contribution < -0.4 is 0 Å². The minimum atomic E-state index is -1.24. The third kappa shape index (κ3) is 2.31. The Labute approximate surface area is 154 Å². The summed E-state index contributed by atoms with van der Waals surface area (Å²) in [5, 5.41) is 11.3. The summed E-state index contributed by atoms with van der Waals surface area (Å²) in [4.78, 5) is 25.4. The Balaban J connectivity index is 1.62. The molecule has 0 bridgehead atoms. The van der Waals surface area contributed by atoms with E-state index in [0.717, 1.165) is 19.3 Å². The van der Waals surface area contributed by atoms with Crippen molar-refractivity contribution in [3.8, 4) is 0 Å². The molecule has 4 rings (SSSR count). The molecule has 0 radical (unpaired) electrons. The van der Waals surface area contributed by atoms with Crippen LogP contribution in [-0.2, 0) is 20.7 Å². The topological polar surface area (TPSA) is 63.6 Å². The first-order chi connectivity index (χ1) is 12.4. The highest BCUT2D eigenvalue weighted by Gasteiger charge is 2.67. The number of carbonyl (C=O) groups is 2. The number of rotatable bonds is 3. The summed E-state index contributed by atoms with van der Waals surface area (Å²) >= 11 is 0. The van der Waals surface area contributed by atoms with Gasteiger partial charge in [-0.1, -0.05) is 37.3 Å². The van der Waals surface area contributed by atoms with Crippen LogP contribution in [0.5, 0.6) is 0 Å². The summed E-state index contributed by atoms with van der Waals surface area (Å²) in [6.07, 6.45) is 5.67. The van der Waals surface area contributed by atoms with Crippen LogP contribution >= 0.6 is 0 Å². The normalized spacial score (nSPS) is 41.5. The maximum absolute atomic E-state index is 12.7. The first-order valence-electron chi connectivity index (χ1n) is 9.58. The summed E-state index contributed by atoms with van der Waals surface area (Å²) in [6.45, 7) is 3.77. The maximum Gasteiger partial charge on any atom is 0.309 e. The quantitative estimate of drug-likeness (QED) is 0.848. The Morgan fingerprint density at radius 1 is 1.19 bits per heavy atom. The van der Waals surface area contributed by atoms with E-state index in [0.29, 0.717) is 6.42 Å². The van der Waals surface area contributed by atoms with Crippen LogP contribution in [0.3, 0.4) is 0 Å². The average molecular weight is 354 g/mol. The first kappa shape index (κ1) is 17.5. The van der Waals surface area contributed by atoms with Gasteiger partial charge < -0.3 is 9.84 Å². The van der Waals surface area contributed by atoms with Crippen LogP contribution in [0.25, 0.3) is 0 Å². The van der Waals surface area contributed by atoms with Gasteiger partial charge in [-0.3, -0.25) is 9.59 Å². The zero-order chi connectivity index (χ0) is 18.5. The SMILES string of the molecule is C[C@H]1CC[C@@H]2[C@@H](OC(=O)[C@@H]2CCc2ccccc2)[C@]2(C)C(=O)C=C[C@@]12O. The second-order valence-electron chi connectivity index (χ2n) is 8.36. The number of fused-ring (bicyclic) bond motifs is 3. The molecule has 2 fully saturated rings. The van der Waals surface area contributed by atoms with Crippen LogP contribution in [0.4, 0.5) is 0 Å². The van der Waals surface area contributed by atoms with Gasteiger partial charge in [0.25, 0.3) is 0 Å². The van der Waals surface area contributed by atoms with Gasteiger partial charge in [0.1, 0.15) is 11.7 Å². The fraction of sp³-hybridized carbons (Fsp3) is 0.545. The molecule has 1 aromatic carbocycles. The van der Waals surface area contributed by atoms with Crippen molar-refractivity contribution in [1.82, 2.24) is 0 Å². The van der Waals surface area contributed by atoms with E-state index in [1.165, 1.54) is 11.6 Å². The zero-order valence-electron chi connectivity index (χ0n) is 15.4. The fourth-order valence-corrected chi connectivity index (χ4v) is 5.34. The molecule has 1 N–H and O–H groups in total. The number of esters is 1.